The molecule has 0 spiro atoms. The fourth-order valence-corrected chi connectivity index (χ4v) is 8.98. The first-order chi connectivity index (χ1) is 23.9. The van der Waals surface area contributed by atoms with Crippen LogP contribution >= 0.6 is 0 Å². The van der Waals surface area contributed by atoms with E-state index < -0.39 is 14.4 Å². The van der Waals surface area contributed by atoms with E-state index in [-0.39, 0.29) is 54.4 Å². The van der Waals surface area contributed by atoms with Crippen LogP contribution in [-0.4, -0.2) is 91.3 Å². The van der Waals surface area contributed by atoms with Crippen LogP contribution in [0.25, 0.3) is 0 Å². The van der Waals surface area contributed by atoms with E-state index in [1.165, 1.54) is 5.57 Å². The number of primary amides is 1. The highest BCUT2D eigenvalue weighted by molar-refractivity contribution is 6.74. The minimum absolute atomic E-state index is 0.0196. The molecular weight excluding hydrogens is 669 g/mol. The number of nitrogens with two attached hydrogens (primary N) is 1. The van der Waals surface area contributed by atoms with Crippen molar-refractivity contribution in [3.63, 3.8) is 0 Å². The second kappa shape index (κ2) is 19.7. The highest BCUT2D eigenvalue weighted by atomic mass is 28.4. The first kappa shape index (κ1) is 43.2. The maximum absolute atomic E-state index is 12.7. The minimum Gasteiger partial charge on any atom is -0.462 e. The molecule has 7 atom stereocenters. The van der Waals surface area contributed by atoms with Crippen LogP contribution in [0, 0.1) is 35.0 Å². The molecule has 12 heteroatoms. The van der Waals surface area contributed by atoms with Gasteiger partial charge in [0, 0.05) is 13.0 Å². The van der Waals surface area contributed by atoms with Crippen LogP contribution in [0.3, 0.4) is 0 Å². The van der Waals surface area contributed by atoms with Gasteiger partial charge in [0.2, 0.25) is 5.91 Å². The summed E-state index contributed by atoms with van der Waals surface area (Å²) in [4.78, 5) is 35.9. The number of ether oxygens (including phenoxy) is 5. The van der Waals surface area contributed by atoms with Crippen LogP contribution in [0.1, 0.15) is 87.0 Å². The zero-order valence-corrected chi connectivity index (χ0v) is 33.9. The van der Waals surface area contributed by atoms with Crippen molar-refractivity contribution in [2.45, 2.75) is 117 Å². The van der Waals surface area contributed by atoms with Gasteiger partial charge in [0.15, 0.2) is 8.32 Å². The number of carbonyl (C=O) groups is 3. The van der Waals surface area contributed by atoms with Gasteiger partial charge in [-0.25, -0.2) is 4.79 Å². The Kier molecular flexibility index (Phi) is 16.7. The van der Waals surface area contributed by atoms with Crippen LogP contribution in [0.2, 0.25) is 18.1 Å². The number of cyclic esters (lactones) is 1. The van der Waals surface area contributed by atoms with Crippen LogP contribution in [0.15, 0.2) is 23.8 Å². The van der Waals surface area contributed by atoms with E-state index in [0.717, 1.165) is 32.1 Å². The van der Waals surface area contributed by atoms with Gasteiger partial charge in [-0.1, -0.05) is 66.7 Å². The Hall–Kier alpha value is -2.25. The summed E-state index contributed by atoms with van der Waals surface area (Å²) < 4.78 is 33.4. The number of carbonyl (C=O) groups excluding carboxylic acids is 3. The van der Waals surface area contributed by atoms with Crippen molar-refractivity contribution in [1.29, 1.82) is 0 Å². The van der Waals surface area contributed by atoms with Gasteiger partial charge in [0.25, 0.3) is 0 Å². The van der Waals surface area contributed by atoms with Crippen molar-refractivity contribution in [2.75, 3.05) is 52.8 Å². The molecule has 11 nitrogen and oxygen atoms in total. The second-order valence-corrected chi connectivity index (χ2v) is 22.0. The van der Waals surface area contributed by atoms with Gasteiger partial charge in [-0.05, 0) is 84.4 Å². The molecule has 0 unspecified atom stereocenters. The molecule has 292 valence electrons. The molecule has 0 aromatic heterocycles. The number of amides is 2. The number of fused-ring (bicyclic) bond motifs is 1. The number of rotatable bonds is 20. The average Bonchev–Trinajstić information content (AvgIpc) is 3.01. The highest BCUT2D eigenvalue weighted by Crippen LogP contribution is 2.50. The largest absolute Gasteiger partial charge is 0.462 e. The molecule has 1 saturated heterocycles. The number of allylic oxidation sites excluding steroid dienone is 4. The average molecular weight is 737 g/mol. The molecule has 51 heavy (non-hydrogen) atoms. The molecule has 0 bridgehead atoms. The maximum Gasteiger partial charge on any atom is 0.404 e. The Bertz CT molecular complexity index is 1200. The number of esters is 1. The molecule has 1 fully saturated rings. The van der Waals surface area contributed by atoms with Crippen molar-refractivity contribution in [3.05, 3.63) is 23.8 Å². The third-order valence-corrected chi connectivity index (χ3v) is 15.6. The summed E-state index contributed by atoms with van der Waals surface area (Å²) in [6.45, 7) is 22.6. The van der Waals surface area contributed by atoms with E-state index in [0.29, 0.717) is 69.0 Å². The van der Waals surface area contributed by atoms with Crippen LogP contribution in [-0.2, 0) is 37.7 Å². The van der Waals surface area contributed by atoms with Crippen molar-refractivity contribution >= 4 is 26.3 Å². The van der Waals surface area contributed by atoms with E-state index in [9.17, 15) is 14.4 Å². The smallest absolute Gasteiger partial charge is 0.404 e. The Balaban J connectivity index is 1.47. The van der Waals surface area contributed by atoms with Gasteiger partial charge in [-0.3, -0.25) is 9.59 Å². The summed E-state index contributed by atoms with van der Waals surface area (Å²) in [6.07, 6.45) is 11.3. The molecule has 1 aliphatic heterocycles. The fourth-order valence-electron chi connectivity index (χ4n) is 7.61. The third kappa shape index (κ3) is 14.6. The molecule has 0 saturated carbocycles. The molecule has 3 N–H and O–H groups in total. The summed E-state index contributed by atoms with van der Waals surface area (Å²) in [5.41, 5.74) is 6.23. The Morgan fingerprint density at radius 3 is 2.25 bits per heavy atom. The van der Waals surface area contributed by atoms with Crippen molar-refractivity contribution in [2.24, 2.45) is 40.7 Å². The minimum atomic E-state index is -1.99. The molecule has 3 aliphatic rings. The molecule has 2 amide bonds. The van der Waals surface area contributed by atoms with Crippen LogP contribution in [0.4, 0.5) is 4.79 Å². The fraction of sp³-hybridized carbons (Fsp3) is 0.821. The summed E-state index contributed by atoms with van der Waals surface area (Å²) in [7, 11) is -1.99. The van der Waals surface area contributed by atoms with Gasteiger partial charge >= 0.3 is 12.1 Å². The van der Waals surface area contributed by atoms with Crippen molar-refractivity contribution < 1.29 is 42.5 Å². The molecule has 3 rings (SSSR count). The molecule has 0 radical (unpaired) electrons. The highest BCUT2D eigenvalue weighted by Gasteiger charge is 2.44. The van der Waals surface area contributed by atoms with E-state index in [1.54, 1.807) is 0 Å². The monoisotopic (exact) mass is 736 g/mol. The van der Waals surface area contributed by atoms with Crippen molar-refractivity contribution in [1.82, 2.24) is 5.32 Å². The molecule has 0 aromatic carbocycles. The first-order valence-electron chi connectivity index (χ1n) is 19.1. The normalized spacial score (nSPS) is 27.0. The Morgan fingerprint density at radius 2 is 1.61 bits per heavy atom. The summed E-state index contributed by atoms with van der Waals surface area (Å²) in [5.74, 6) is 2.04. The molecule has 2 aliphatic carbocycles. The van der Waals surface area contributed by atoms with Crippen LogP contribution in [0.5, 0.6) is 0 Å². The summed E-state index contributed by atoms with van der Waals surface area (Å²) in [6, 6.07) is 0. The molecule has 1 heterocycles. The third-order valence-electron chi connectivity index (χ3n) is 11.1. The Labute approximate surface area is 308 Å². The lowest BCUT2D eigenvalue weighted by Gasteiger charge is -2.46. The Morgan fingerprint density at radius 1 is 0.961 bits per heavy atom. The lowest BCUT2D eigenvalue weighted by atomic mass is 9.59. The number of nitrogens with one attached hydrogen (secondary N) is 1. The molecular formula is C39H68N2O9Si. The van der Waals surface area contributed by atoms with E-state index in [1.807, 2.05) is 0 Å². The van der Waals surface area contributed by atoms with Gasteiger partial charge in [0.1, 0.15) is 19.3 Å². The van der Waals surface area contributed by atoms with Gasteiger partial charge in [-0.15, -0.1) is 0 Å². The summed E-state index contributed by atoms with van der Waals surface area (Å²) in [5, 5.41) is 3.19. The zero-order valence-electron chi connectivity index (χ0n) is 32.9. The van der Waals surface area contributed by atoms with Crippen LogP contribution < -0.4 is 11.1 Å². The standard InChI is InChI=1S/C39H68N2O9Si/c1-27-20-29-11-10-28(2)33(13-12-31-22-32(23-35(43)49-31)50-51(8,9)38(3,4)5)36(29)30(21-27)24-39(6,7)26-41-34(42)25-47-17-16-45-14-15-46-18-19-48-37(40)44/h10-11,20,27-28,30-33,36H,12-19,21-26H2,1-9H3,(H2,40,44)(H,41,42)/t27-,28-,30-,31-,32-,33-,36+/m0/s1. The number of hydrogen-bond acceptors (Lipinski definition) is 9. The van der Waals surface area contributed by atoms with Gasteiger partial charge in [0.05, 0.1) is 45.6 Å². The lowest BCUT2D eigenvalue weighted by Crippen LogP contribution is -2.47. The second-order valence-electron chi connectivity index (χ2n) is 17.3. The van der Waals surface area contributed by atoms with Crippen molar-refractivity contribution in [3.8, 4) is 0 Å². The van der Waals surface area contributed by atoms with E-state index in [4.69, 9.17) is 29.1 Å². The predicted molar refractivity (Wildman–Crippen MR) is 200 cm³/mol. The summed E-state index contributed by atoms with van der Waals surface area (Å²) >= 11 is 0. The van der Waals surface area contributed by atoms with Gasteiger partial charge in [-0.2, -0.15) is 0 Å². The zero-order chi connectivity index (χ0) is 37.8. The molecule has 0 aromatic rings. The maximum atomic E-state index is 12.7. The lowest BCUT2D eigenvalue weighted by molar-refractivity contribution is -0.160. The van der Waals surface area contributed by atoms with E-state index >= 15 is 0 Å². The topological polar surface area (TPSA) is 145 Å². The predicted octanol–water partition coefficient (Wildman–Crippen LogP) is 6.56. The van der Waals surface area contributed by atoms with Gasteiger partial charge < -0.3 is 39.2 Å². The first-order valence-corrected chi connectivity index (χ1v) is 22.0. The van der Waals surface area contributed by atoms with E-state index in [2.05, 4.69) is 89.8 Å². The number of hydrogen-bond donors (Lipinski definition) is 2. The SMILES string of the molecule is C[C@H]1C=C2C=C[C@H](C)[C@H](CC[C@H]3C[C@H](O[Si](C)(C)C(C)(C)C)CC(=O)O3)[C@H]2[C@H](CC(C)(C)CNC(=O)COCCOCCOCCOC(N)=O)C1. The quantitative estimate of drug-likeness (QED) is 0.0807.